The number of benzene rings is 1. The molecule has 2 aliphatic heterocycles. The van der Waals surface area contributed by atoms with Crippen LogP contribution in [-0.4, -0.2) is 41.4 Å². The number of hydrogen-bond acceptors (Lipinski definition) is 5. The van der Waals surface area contributed by atoms with Gasteiger partial charge in [-0.25, -0.2) is 9.59 Å². The van der Waals surface area contributed by atoms with Crippen LogP contribution in [0.3, 0.4) is 0 Å². The van der Waals surface area contributed by atoms with Crippen LogP contribution in [-0.2, 0) is 25.6 Å². The predicted octanol–water partition coefficient (Wildman–Crippen LogP) is 2.24. The quantitative estimate of drug-likeness (QED) is 0.800. The molecule has 0 radical (unpaired) electrons. The van der Waals surface area contributed by atoms with Crippen molar-refractivity contribution < 1.29 is 23.8 Å². The van der Waals surface area contributed by atoms with Crippen LogP contribution in [0.25, 0.3) is 0 Å². The van der Waals surface area contributed by atoms with Crippen LogP contribution in [0.2, 0.25) is 0 Å². The molecule has 0 aliphatic carbocycles. The zero-order chi connectivity index (χ0) is 16.4. The third-order valence-electron chi connectivity index (χ3n) is 3.97. The lowest BCUT2D eigenvalue weighted by Crippen LogP contribution is -2.51. The van der Waals surface area contributed by atoms with Crippen molar-refractivity contribution in [3.8, 4) is 0 Å². The van der Waals surface area contributed by atoms with E-state index in [1.807, 2.05) is 30.3 Å². The lowest BCUT2D eigenvalue weighted by atomic mass is 10.1. The van der Waals surface area contributed by atoms with Gasteiger partial charge in [0.15, 0.2) is 0 Å². The van der Waals surface area contributed by atoms with Gasteiger partial charge in [-0.2, -0.15) is 0 Å². The molecule has 0 saturated carbocycles. The Bertz CT molecular complexity index is 625. The minimum atomic E-state index is -0.818. The van der Waals surface area contributed by atoms with Gasteiger partial charge in [-0.05, 0) is 25.5 Å². The average Bonchev–Trinajstić information content (AvgIpc) is 3.08. The van der Waals surface area contributed by atoms with Crippen molar-refractivity contribution in [1.29, 1.82) is 0 Å². The number of carbonyl (C=O) groups is 2. The summed E-state index contributed by atoms with van der Waals surface area (Å²) in [7, 11) is 0. The maximum Gasteiger partial charge on any atom is 0.412 e. The molecule has 1 aromatic carbocycles. The summed E-state index contributed by atoms with van der Waals surface area (Å²) < 4.78 is 16.3. The maximum atomic E-state index is 12.5. The van der Waals surface area contributed by atoms with E-state index in [-0.39, 0.29) is 13.2 Å². The average molecular weight is 317 g/mol. The van der Waals surface area contributed by atoms with Gasteiger partial charge < -0.3 is 14.2 Å². The van der Waals surface area contributed by atoms with Crippen molar-refractivity contribution in [2.75, 3.05) is 6.61 Å². The number of nitrogens with zero attached hydrogens (tertiary/aromatic N) is 1. The molecule has 2 aliphatic rings. The number of rotatable bonds is 3. The van der Waals surface area contributed by atoms with Crippen LogP contribution in [0.1, 0.15) is 19.4 Å². The Kier molecular flexibility index (Phi) is 4.09. The van der Waals surface area contributed by atoms with Gasteiger partial charge in [-0.15, -0.1) is 0 Å². The number of hydrogen-bond donors (Lipinski definition) is 0. The van der Waals surface area contributed by atoms with Gasteiger partial charge in [0, 0.05) is 6.08 Å². The highest BCUT2D eigenvalue weighted by molar-refractivity contribution is 5.84. The molecule has 122 valence electrons. The van der Waals surface area contributed by atoms with Crippen LogP contribution in [0, 0.1) is 0 Å². The third-order valence-corrected chi connectivity index (χ3v) is 3.97. The summed E-state index contributed by atoms with van der Waals surface area (Å²) in [5.41, 5.74) is 0.0869. The Morgan fingerprint density at radius 3 is 2.74 bits per heavy atom. The highest BCUT2D eigenvalue weighted by atomic mass is 16.6. The first-order chi connectivity index (χ1) is 11.0. The lowest BCUT2D eigenvalue weighted by Gasteiger charge is -2.34. The minimum Gasteiger partial charge on any atom is -0.453 e. The summed E-state index contributed by atoms with van der Waals surface area (Å²) in [4.78, 5) is 25.3. The van der Waals surface area contributed by atoms with E-state index < -0.39 is 29.9 Å². The summed E-state index contributed by atoms with van der Waals surface area (Å²) in [6.45, 7) is 4.05. The summed E-state index contributed by atoms with van der Waals surface area (Å²) in [5, 5.41) is 0. The van der Waals surface area contributed by atoms with Crippen LogP contribution in [0.15, 0.2) is 42.5 Å². The van der Waals surface area contributed by atoms with E-state index in [2.05, 4.69) is 0 Å². The Labute approximate surface area is 134 Å². The summed E-state index contributed by atoms with van der Waals surface area (Å²) >= 11 is 0. The molecule has 0 aromatic heterocycles. The Morgan fingerprint density at radius 1 is 1.35 bits per heavy atom. The zero-order valence-electron chi connectivity index (χ0n) is 13.1. The highest BCUT2D eigenvalue weighted by Gasteiger charge is 2.49. The summed E-state index contributed by atoms with van der Waals surface area (Å²) in [5.74, 6) is -0.405. The zero-order valence-corrected chi connectivity index (χ0v) is 13.1. The number of carbonyl (C=O) groups excluding carboxylic acids is 2. The Morgan fingerprint density at radius 2 is 2.09 bits per heavy atom. The molecule has 0 N–H and O–H groups in total. The van der Waals surface area contributed by atoms with Crippen molar-refractivity contribution in [1.82, 2.24) is 4.90 Å². The van der Waals surface area contributed by atoms with Gasteiger partial charge in [0.05, 0.1) is 6.61 Å². The molecule has 0 bridgehead atoms. The van der Waals surface area contributed by atoms with Crippen molar-refractivity contribution in [3.63, 3.8) is 0 Å². The molecule has 1 saturated heterocycles. The predicted molar refractivity (Wildman–Crippen MR) is 81.3 cm³/mol. The molecule has 23 heavy (non-hydrogen) atoms. The van der Waals surface area contributed by atoms with Crippen molar-refractivity contribution in [2.24, 2.45) is 0 Å². The second-order valence-corrected chi connectivity index (χ2v) is 6.00. The second-order valence-electron chi connectivity index (χ2n) is 6.00. The second kappa shape index (κ2) is 6.04. The largest absolute Gasteiger partial charge is 0.453 e. The molecule has 0 spiro atoms. The molecule has 1 aromatic rings. The molecule has 3 rings (SSSR count). The van der Waals surface area contributed by atoms with Crippen molar-refractivity contribution in [3.05, 3.63) is 48.0 Å². The lowest BCUT2D eigenvalue weighted by molar-refractivity contribution is -0.140. The molecule has 1 amide bonds. The van der Waals surface area contributed by atoms with Gasteiger partial charge >= 0.3 is 12.1 Å². The fraction of sp³-hybridized carbons (Fsp3) is 0.412. The fourth-order valence-corrected chi connectivity index (χ4v) is 2.81. The topological polar surface area (TPSA) is 65.1 Å². The van der Waals surface area contributed by atoms with E-state index in [9.17, 15) is 9.59 Å². The van der Waals surface area contributed by atoms with Crippen LogP contribution in [0.5, 0.6) is 0 Å². The molecule has 2 heterocycles. The molecule has 1 fully saturated rings. The number of amides is 1. The smallest absolute Gasteiger partial charge is 0.412 e. The van der Waals surface area contributed by atoms with Gasteiger partial charge in [-0.3, -0.25) is 4.90 Å². The standard InChI is InChI=1S/C17H19NO5/c1-17(2)18(13(11-22-17)14-8-9-15(19)23-14)16(20)21-10-12-6-4-3-5-7-12/h3-9,13-14H,10-11H2,1-2H3/t13-,14+/m0/s1. The first-order valence-corrected chi connectivity index (χ1v) is 7.50. The van der Waals surface area contributed by atoms with E-state index in [4.69, 9.17) is 14.2 Å². The summed E-state index contributed by atoms with van der Waals surface area (Å²) in [6, 6.07) is 9.06. The van der Waals surface area contributed by atoms with E-state index in [0.717, 1.165) is 5.56 Å². The van der Waals surface area contributed by atoms with Gasteiger partial charge in [-0.1, -0.05) is 30.3 Å². The number of ether oxygens (including phenoxy) is 3. The molecule has 6 heteroatoms. The maximum absolute atomic E-state index is 12.5. The molecular formula is C17H19NO5. The number of esters is 1. The summed E-state index contributed by atoms with van der Waals surface area (Å²) in [6.07, 6.45) is 2.02. The van der Waals surface area contributed by atoms with Crippen LogP contribution >= 0.6 is 0 Å². The fourth-order valence-electron chi connectivity index (χ4n) is 2.81. The van der Waals surface area contributed by atoms with E-state index in [0.29, 0.717) is 0 Å². The first kappa shape index (κ1) is 15.6. The molecule has 0 unspecified atom stereocenters. The number of cyclic esters (lactones) is 1. The van der Waals surface area contributed by atoms with Crippen LogP contribution < -0.4 is 0 Å². The van der Waals surface area contributed by atoms with Gasteiger partial charge in [0.2, 0.25) is 0 Å². The molecular weight excluding hydrogens is 298 g/mol. The van der Waals surface area contributed by atoms with Crippen molar-refractivity contribution >= 4 is 12.1 Å². The third kappa shape index (κ3) is 3.22. The minimum absolute atomic E-state index is 0.180. The molecule has 6 nitrogen and oxygen atoms in total. The van der Waals surface area contributed by atoms with E-state index >= 15 is 0 Å². The first-order valence-electron chi connectivity index (χ1n) is 7.50. The van der Waals surface area contributed by atoms with E-state index in [1.165, 1.54) is 11.0 Å². The van der Waals surface area contributed by atoms with Crippen LogP contribution in [0.4, 0.5) is 4.79 Å². The molecule has 2 atom stereocenters. The van der Waals surface area contributed by atoms with Crippen molar-refractivity contribution in [2.45, 2.75) is 38.3 Å². The monoisotopic (exact) mass is 317 g/mol. The van der Waals surface area contributed by atoms with Gasteiger partial charge in [0.25, 0.3) is 0 Å². The normalized spacial score (nSPS) is 25.5. The Hall–Kier alpha value is -2.34. The highest BCUT2D eigenvalue weighted by Crippen LogP contribution is 2.32. The Balaban J connectivity index is 1.70. The van der Waals surface area contributed by atoms with E-state index in [1.54, 1.807) is 19.9 Å². The SMILES string of the molecule is CC1(C)OC[C@@H]([C@H]2C=CC(=O)O2)N1C(=O)OCc1ccccc1. The van der Waals surface area contributed by atoms with Gasteiger partial charge in [0.1, 0.15) is 24.5 Å².